The predicted octanol–water partition coefficient (Wildman–Crippen LogP) is 4.80. The largest absolute Gasteiger partial charge is 0.416 e. The number of hydrogen-bond donors (Lipinski definition) is 1. The number of fused-ring (bicyclic) bond motifs is 1. The summed E-state index contributed by atoms with van der Waals surface area (Å²) in [6.45, 7) is -3.68. The lowest BCUT2D eigenvalue weighted by molar-refractivity contribution is -0.400. The second-order valence-corrected chi connectivity index (χ2v) is 10.8. The van der Waals surface area contributed by atoms with Crippen LogP contribution in [0.15, 0.2) is 48.9 Å². The second-order valence-electron chi connectivity index (χ2n) is 10.8. The van der Waals surface area contributed by atoms with Gasteiger partial charge < -0.3 is 19.7 Å². The Bertz CT molecular complexity index is 1880. The number of rotatable bonds is 2. The highest BCUT2D eigenvalue weighted by Gasteiger charge is 2.53. The molecule has 6 heterocycles. The molecule has 2 amide bonds. The summed E-state index contributed by atoms with van der Waals surface area (Å²) in [5.41, 5.74) is 1.14. The van der Waals surface area contributed by atoms with Gasteiger partial charge in [-0.3, -0.25) is 13.9 Å². The number of ether oxygens (including phenoxy) is 1. The smallest absolute Gasteiger partial charge is 0.375 e. The molecule has 1 aromatic carbocycles. The number of urea groups is 1. The van der Waals surface area contributed by atoms with Crippen LogP contribution in [0.5, 0.6) is 0 Å². The van der Waals surface area contributed by atoms with E-state index in [2.05, 4.69) is 15.0 Å². The van der Waals surface area contributed by atoms with Crippen LogP contribution in [0, 0.1) is 0 Å². The average molecular weight is 623 g/mol. The van der Waals surface area contributed by atoms with Gasteiger partial charge in [0.25, 0.3) is 0 Å². The number of aromatic nitrogens is 3. The molecule has 16 heteroatoms. The molecule has 0 bridgehead atoms. The van der Waals surface area contributed by atoms with Crippen molar-refractivity contribution in [1.82, 2.24) is 29.1 Å². The molecule has 3 aromatic heterocycles. The Kier molecular flexibility index (Phi) is 6.05. The molecule has 0 atom stereocenters. The summed E-state index contributed by atoms with van der Waals surface area (Å²) in [5.74, 6) is -0.355. The molecule has 4 aromatic rings. The first-order valence-electron chi connectivity index (χ1n) is 13.4. The number of halogens is 7. The summed E-state index contributed by atoms with van der Waals surface area (Å²) < 4.78 is 105. The molecule has 44 heavy (non-hydrogen) atoms. The van der Waals surface area contributed by atoms with Crippen LogP contribution in [-0.4, -0.2) is 74.0 Å². The van der Waals surface area contributed by atoms with E-state index in [0.29, 0.717) is 22.6 Å². The highest BCUT2D eigenvalue weighted by Crippen LogP contribution is 2.41. The first-order valence-corrected chi connectivity index (χ1v) is 13.4. The lowest BCUT2D eigenvalue weighted by Crippen LogP contribution is -2.59. The highest BCUT2D eigenvalue weighted by atomic mass is 19.4. The van der Waals surface area contributed by atoms with E-state index < -0.39 is 49.6 Å². The molecule has 3 aliphatic heterocycles. The number of nitrogens with one attached hydrogen (secondary N) is 1. The number of benzene rings is 1. The number of Topliss-reactive ketones (excluding diaryl/α,β-unsaturated/α-hetero) is 1. The monoisotopic (exact) mass is 622 g/mol. The number of pyridine rings is 1. The molecule has 1 fully saturated rings. The minimum absolute atomic E-state index is 0.00839. The van der Waals surface area contributed by atoms with Gasteiger partial charge in [-0.25, -0.2) is 9.78 Å². The van der Waals surface area contributed by atoms with Crippen LogP contribution >= 0.6 is 0 Å². The van der Waals surface area contributed by atoms with Gasteiger partial charge in [0, 0.05) is 43.0 Å². The zero-order chi connectivity index (χ0) is 31.2. The number of amides is 2. The Morgan fingerprint density at radius 1 is 1.02 bits per heavy atom. The molecule has 230 valence electrons. The van der Waals surface area contributed by atoms with Crippen molar-refractivity contribution >= 4 is 39.6 Å². The van der Waals surface area contributed by atoms with E-state index in [-0.39, 0.29) is 52.4 Å². The van der Waals surface area contributed by atoms with Gasteiger partial charge in [-0.15, -0.1) is 0 Å². The molecule has 3 aliphatic rings. The van der Waals surface area contributed by atoms with E-state index in [1.165, 1.54) is 6.20 Å². The van der Waals surface area contributed by atoms with Gasteiger partial charge in [-0.05, 0) is 29.8 Å². The minimum Gasteiger partial charge on any atom is -0.375 e. The topological polar surface area (TPSA) is 84.1 Å². The van der Waals surface area contributed by atoms with Gasteiger partial charge >= 0.3 is 24.4 Å². The summed E-state index contributed by atoms with van der Waals surface area (Å²) in [6, 6.07) is 5.87. The van der Waals surface area contributed by atoms with Crippen LogP contribution in [0.2, 0.25) is 0 Å². The summed E-state index contributed by atoms with van der Waals surface area (Å²) in [7, 11) is 0. The van der Waals surface area contributed by atoms with Gasteiger partial charge in [-0.1, -0.05) is 6.07 Å². The third-order valence-corrected chi connectivity index (χ3v) is 7.84. The Morgan fingerprint density at radius 2 is 1.77 bits per heavy atom. The van der Waals surface area contributed by atoms with Crippen LogP contribution in [0.25, 0.3) is 27.8 Å². The first-order chi connectivity index (χ1) is 20.7. The van der Waals surface area contributed by atoms with Crippen molar-refractivity contribution in [2.45, 2.75) is 31.5 Å². The maximum atomic E-state index is 14.2. The van der Waals surface area contributed by atoms with Crippen molar-refractivity contribution in [3.05, 3.63) is 71.3 Å². The van der Waals surface area contributed by atoms with Gasteiger partial charge in [-0.2, -0.15) is 30.7 Å². The molecule has 0 unspecified atom stereocenters. The maximum absolute atomic E-state index is 14.2. The number of morpholine rings is 1. The molecule has 7 rings (SSSR count). The zero-order valence-corrected chi connectivity index (χ0v) is 22.5. The fraction of sp³-hybridized carbons (Fsp3) is 0.321. The molecular weight excluding hydrogens is 601 g/mol. The van der Waals surface area contributed by atoms with Gasteiger partial charge in [0.2, 0.25) is 0 Å². The number of alkyl halides is 7. The van der Waals surface area contributed by atoms with E-state index in [1.807, 2.05) is 0 Å². The number of ketones is 1. The minimum atomic E-state index is -4.82. The van der Waals surface area contributed by atoms with Crippen molar-refractivity contribution < 1.29 is 45.1 Å². The van der Waals surface area contributed by atoms with Crippen LogP contribution in [0.1, 0.15) is 22.4 Å². The van der Waals surface area contributed by atoms with Gasteiger partial charge in [0.1, 0.15) is 18.7 Å². The van der Waals surface area contributed by atoms with Crippen molar-refractivity contribution in [2.75, 3.05) is 26.2 Å². The Hall–Kier alpha value is -4.60. The first kappa shape index (κ1) is 28.2. The standard InChI is InChI=1S/C28H21F7N6O3/c29-26(30)13-40(14-27(31,32)44-26)25(43)39-6-5-38-12-18(17-8-16(28(33,34)35)7-15(11-39)24(17)38)22-20(42)10-37-23(22)19-9-36-21-3-1-2-4-41(19)21/h1-4,7-9,12,37H,5-6,10-11,13-14H2. The van der Waals surface area contributed by atoms with E-state index in [0.717, 1.165) is 17.0 Å². The highest BCUT2D eigenvalue weighted by molar-refractivity contribution is 6.33. The Balaban J connectivity index is 1.35. The molecule has 0 spiro atoms. The van der Waals surface area contributed by atoms with Crippen LogP contribution < -0.4 is 5.32 Å². The fourth-order valence-electron chi connectivity index (χ4n) is 6.09. The number of hydrogen-bond acceptors (Lipinski definition) is 5. The molecule has 0 radical (unpaired) electrons. The summed E-state index contributed by atoms with van der Waals surface area (Å²) >= 11 is 0. The van der Waals surface area contributed by atoms with Crippen LogP contribution in [0.4, 0.5) is 35.5 Å². The van der Waals surface area contributed by atoms with E-state index in [1.54, 1.807) is 39.6 Å². The lowest BCUT2D eigenvalue weighted by Gasteiger charge is -2.39. The fourth-order valence-corrected chi connectivity index (χ4v) is 6.09. The number of carbonyl (C=O) groups excluding carboxylic acids is 2. The quantitative estimate of drug-likeness (QED) is 0.325. The van der Waals surface area contributed by atoms with Crippen molar-refractivity contribution in [3.8, 4) is 0 Å². The average Bonchev–Trinajstić information content (AvgIpc) is 3.59. The van der Waals surface area contributed by atoms with Crippen molar-refractivity contribution in [2.24, 2.45) is 0 Å². The molecule has 1 N–H and O–H groups in total. The van der Waals surface area contributed by atoms with Crippen molar-refractivity contribution in [3.63, 3.8) is 0 Å². The normalized spacial score (nSPS) is 20.0. The number of nitrogens with zero attached hydrogens (tertiary/aromatic N) is 5. The Morgan fingerprint density at radius 3 is 2.50 bits per heavy atom. The SMILES string of the molecule is O=C1CNC(c2cnc3ccccn23)=C1c1cn2c3c(cc(C(F)(F)F)cc13)CN(C(=O)N1CC(F)(F)OC(F)(F)C1)CC2. The van der Waals surface area contributed by atoms with E-state index in [4.69, 9.17) is 0 Å². The molecule has 9 nitrogen and oxygen atoms in total. The Labute approximate surface area is 243 Å². The molecule has 0 aliphatic carbocycles. The lowest BCUT2D eigenvalue weighted by atomic mass is 9.97. The summed E-state index contributed by atoms with van der Waals surface area (Å²) in [4.78, 5) is 32.0. The van der Waals surface area contributed by atoms with Gasteiger partial charge in [0.05, 0.1) is 40.8 Å². The van der Waals surface area contributed by atoms with Crippen LogP contribution in [0.3, 0.4) is 0 Å². The van der Waals surface area contributed by atoms with Crippen LogP contribution in [-0.2, 0) is 28.8 Å². The molecular formula is C28H21F7N6O3. The second kappa shape index (κ2) is 9.45. The summed E-state index contributed by atoms with van der Waals surface area (Å²) in [6.07, 6.45) is -8.66. The number of carbonyl (C=O) groups is 2. The molecule has 1 saturated heterocycles. The zero-order valence-electron chi connectivity index (χ0n) is 22.5. The third kappa shape index (κ3) is 4.63. The maximum Gasteiger partial charge on any atom is 0.416 e. The molecule has 0 saturated carbocycles. The van der Waals surface area contributed by atoms with Crippen molar-refractivity contribution in [1.29, 1.82) is 0 Å². The van der Waals surface area contributed by atoms with Gasteiger partial charge in [0.15, 0.2) is 5.78 Å². The predicted molar refractivity (Wildman–Crippen MR) is 140 cm³/mol. The third-order valence-electron chi connectivity index (χ3n) is 7.84. The van der Waals surface area contributed by atoms with E-state index in [9.17, 15) is 40.3 Å². The summed E-state index contributed by atoms with van der Waals surface area (Å²) in [5, 5.41) is 3.14. The van der Waals surface area contributed by atoms with E-state index >= 15 is 0 Å². The number of imidazole rings is 1.